The molecule has 0 amide bonds. The van der Waals surface area contributed by atoms with E-state index in [2.05, 4.69) is 6.92 Å². The highest BCUT2D eigenvalue weighted by Gasteiger charge is 2.23. The van der Waals surface area contributed by atoms with Crippen molar-refractivity contribution in [1.29, 1.82) is 0 Å². The van der Waals surface area contributed by atoms with Crippen molar-refractivity contribution in [2.45, 2.75) is 51.2 Å². The van der Waals surface area contributed by atoms with Gasteiger partial charge in [-0.05, 0) is 6.42 Å². The Morgan fingerprint density at radius 1 is 0.941 bits per heavy atom. The Labute approximate surface area is 105 Å². The van der Waals surface area contributed by atoms with Gasteiger partial charge in [-0.2, -0.15) is 0 Å². The lowest BCUT2D eigenvalue weighted by Crippen LogP contribution is -2.50. The van der Waals surface area contributed by atoms with E-state index >= 15 is 0 Å². The van der Waals surface area contributed by atoms with Gasteiger partial charge in [0.2, 0.25) is 0 Å². The summed E-state index contributed by atoms with van der Waals surface area (Å²) in [4.78, 5) is 0. The van der Waals surface area contributed by atoms with E-state index in [0.717, 1.165) is 12.8 Å². The van der Waals surface area contributed by atoms with Crippen LogP contribution < -0.4 is 0 Å². The highest BCUT2D eigenvalue weighted by molar-refractivity contribution is 4.57. The van der Waals surface area contributed by atoms with Gasteiger partial charge < -0.3 is 19.8 Å². The maximum Gasteiger partial charge on any atom is 0.126 e. The molecule has 4 nitrogen and oxygen atoms in total. The third-order valence-electron chi connectivity index (χ3n) is 3.01. The summed E-state index contributed by atoms with van der Waals surface area (Å²) in [6, 6.07) is 0. The first kappa shape index (κ1) is 16.8. The molecule has 2 unspecified atom stereocenters. The van der Waals surface area contributed by atoms with Gasteiger partial charge in [-0.25, -0.2) is 0 Å². The minimum atomic E-state index is -0.697. The Bertz CT molecular complexity index is 186. The molecule has 2 atom stereocenters. The molecule has 0 radical (unpaired) electrons. The van der Waals surface area contributed by atoms with Gasteiger partial charge >= 0.3 is 0 Å². The Morgan fingerprint density at radius 2 is 1.53 bits per heavy atom. The van der Waals surface area contributed by atoms with Crippen LogP contribution in [0.2, 0.25) is 0 Å². The van der Waals surface area contributed by atoms with Crippen LogP contribution in [0.1, 0.15) is 39.0 Å². The number of nitrogens with zero attached hydrogens (tertiary/aromatic N) is 1. The lowest BCUT2D eigenvalue weighted by atomic mass is 10.1. The largest absolute Gasteiger partial charge is 0.393 e. The van der Waals surface area contributed by atoms with Gasteiger partial charge in [0.25, 0.3) is 0 Å². The Morgan fingerprint density at radius 3 is 2.06 bits per heavy atom. The zero-order chi connectivity index (χ0) is 13.3. The average molecular weight is 248 g/mol. The smallest absolute Gasteiger partial charge is 0.126 e. The van der Waals surface area contributed by atoms with E-state index in [1.807, 2.05) is 14.1 Å². The van der Waals surface area contributed by atoms with Gasteiger partial charge in [0.15, 0.2) is 0 Å². The molecule has 0 bridgehead atoms. The van der Waals surface area contributed by atoms with Crippen LogP contribution >= 0.6 is 0 Å². The summed E-state index contributed by atoms with van der Waals surface area (Å²) >= 11 is 0. The summed E-state index contributed by atoms with van der Waals surface area (Å²) in [5.74, 6) is 0. The molecule has 17 heavy (non-hydrogen) atoms. The van der Waals surface area contributed by atoms with Gasteiger partial charge in [0, 0.05) is 0 Å². The minimum absolute atomic E-state index is 0.214. The molecule has 0 spiro atoms. The molecule has 3 N–H and O–H groups in total. The molecule has 0 fully saturated rings. The van der Waals surface area contributed by atoms with Crippen LogP contribution in [0.5, 0.6) is 0 Å². The van der Waals surface area contributed by atoms with E-state index in [-0.39, 0.29) is 12.7 Å². The summed E-state index contributed by atoms with van der Waals surface area (Å²) in [5.41, 5.74) is 0. The molecule has 0 heterocycles. The van der Waals surface area contributed by atoms with Crippen LogP contribution in [-0.4, -0.2) is 65.8 Å². The van der Waals surface area contributed by atoms with E-state index in [0.29, 0.717) is 17.6 Å². The maximum absolute atomic E-state index is 9.91. The number of hydrogen-bond donors (Lipinski definition) is 3. The molecule has 0 aromatic heterocycles. The molecule has 0 aliphatic rings. The number of quaternary nitrogens is 1. The van der Waals surface area contributed by atoms with Crippen LogP contribution in [0.25, 0.3) is 0 Å². The van der Waals surface area contributed by atoms with Gasteiger partial charge in [-0.15, -0.1) is 0 Å². The van der Waals surface area contributed by atoms with Crippen LogP contribution in [0.4, 0.5) is 0 Å². The quantitative estimate of drug-likeness (QED) is 0.395. The van der Waals surface area contributed by atoms with E-state index in [9.17, 15) is 10.2 Å². The van der Waals surface area contributed by atoms with Crippen LogP contribution in [0, 0.1) is 0 Å². The first-order chi connectivity index (χ1) is 7.91. The molecule has 104 valence electrons. The lowest BCUT2D eigenvalue weighted by molar-refractivity contribution is -0.896. The standard InChI is InChI=1S/C13H30NO3/c1-4-5-6-7-8-12(16)9-14(2,3)10-13(17)11-15/h12-13,15-17H,4-11H2,1-3H3/q+1. The SMILES string of the molecule is CCCCCCC(O)C[N+](C)(C)CC(O)CO. The monoisotopic (exact) mass is 248 g/mol. The molecule has 0 aliphatic carbocycles. The van der Waals surface area contributed by atoms with E-state index in [1.54, 1.807) is 0 Å². The molecule has 4 heteroatoms. The van der Waals surface area contributed by atoms with Crippen molar-refractivity contribution in [2.24, 2.45) is 0 Å². The molecular formula is C13H30NO3+. The van der Waals surface area contributed by atoms with Crippen molar-refractivity contribution in [3.63, 3.8) is 0 Å². The molecule has 0 saturated carbocycles. The second-order valence-corrected chi connectivity index (χ2v) is 5.64. The third-order valence-corrected chi connectivity index (χ3v) is 3.01. The second-order valence-electron chi connectivity index (χ2n) is 5.64. The number of likely N-dealkylation sites (N-methyl/N-ethyl adjacent to an activating group) is 1. The number of rotatable bonds is 10. The fourth-order valence-corrected chi connectivity index (χ4v) is 2.17. The van der Waals surface area contributed by atoms with E-state index < -0.39 is 6.10 Å². The predicted molar refractivity (Wildman–Crippen MR) is 69.7 cm³/mol. The predicted octanol–water partition coefficient (Wildman–Crippen LogP) is 0.747. The zero-order valence-corrected chi connectivity index (χ0v) is 11.6. The van der Waals surface area contributed by atoms with Crippen molar-refractivity contribution >= 4 is 0 Å². The molecular weight excluding hydrogens is 218 g/mol. The highest BCUT2D eigenvalue weighted by atomic mass is 16.3. The Balaban J connectivity index is 3.79. The fourth-order valence-electron chi connectivity index (χ4n) is 2.17. The molecule has 0 aromatic rings. The van der Waals surface area contributed by atoms with Gasteiger partial charge in [-0.3, -0.25) is 0 Å². The highest BCUT2D eigenvalue weighted by Crippen LogP contribution is 2.09. The average Bonchev–Trinajstić information content (AvgIpc) is 2.22. The summed E-state index contributed by atoms with van der Waals surface area (Å²) < 4.78 is 0.538. The van der Waals surface area contributed by atoms with Crippen molar-refractivity contribution in [1.82, 2.24) is 0 Å². The topological polar surface area (TPSA) is 60.7 Å². The summed E-state index contributed by atoms with van der Waals surface area (Å²) in [7, 11) is 3.93. The normalized spacial score (nSPS) is 15.9. The van der Waals surface area contributed by atoms with Crippen molar-refractivity contribution in [2.75, 3.05) is 33.8 Å². The molecule has 0 rings (SSSR count). The number of aliphatic hydroxyl groups excluding tert-OH is 3. The van der Waals surface area contributed by atoms with Crippen molar-refractivity contribution in [3.05, 3.63) is 0 Å². The minimum Gasteiger partial charge on any atom is -0.393 e. The van der Waals surface area contributed by atoms with E-state index in [1.165, 1.54) is 19.3 Å². The second kappa shape index (κ2) is 8.86. The zero-order valence-electron chi connectivity index (χ0n) is 11.6. The first-order valence-corrected chi connectivity index (χ1v) is 6.70. The maximum atomic E-state index is 9.91. The third kappa shape index (κ3) is 9.53. The van der Waals surface area contributed by atoms with Gasteiger partial charge in [-0.1, -0.05) is 32.6 Å². The lowest BCUT2D eigenvalue weighted by Gasteiger charge is -2.33. The number of hydrogen-bond acceptors (Lipinski definition) is 3. The summed E-state index contributed by atoms with van der Waals surface area (Å²) in [6.45, 7) is 3.06. The summed E-state index contributed by atoms with van der Waals surface area (Å²) in [6.07, 6.45) is 4.51. The van der Waals surface area contributed by atoms with Crippen molar-refractivity contribution < 1.29 is 19.8 Å². The van der Waals surface area contributed by atoms with Crippen LogP contribution in [0.3, 0.4) is 0 Å². The van der Waals surface area contributed by atoms with Crippen molar-refractivity contribution in [3.8, 4) is 0 Å². The van der Waals surface area contributed by atoms with Crippen LogP contribution in [-0.2, 0) is 0 Å². The fraction of sp³-hybridized carbons (Fsp3) is 1.00. The Hall–Kier alpha value is -0.160. The van der Waals surface area contributed by atoms with Gasteiger partial charge in [0.1, 0.15) is 25.3 Å². The molecule has 0 aliphatic heterocycles. The molecule has 0 saturated heterocycles. The van der Waals surface area contributed by atoms with E-state index in [4.69, 9.17) is 5.11 Å². The molecule has 0 aromatic carbocycles. The first-order valence-electron chi connectivity index (χ1n) is 6.70. The van der Waals surface area contributed by atoms with Gasteiger partial charge in [0.05, 0.1) is 20.7 Å². The Kier molecular flexibility index (Phi) is 8.78. The number of aliphatic hydroxyl groups is 3. The van der Waals surface area contributed by atoms with Crippen LogP contribution in [0.15, 0.2) is 0 Å². The summed E-state index contributed by atoms with van der Waals surface area (Å²) in [5, 5.41) is 28.1. The number of unbranched alkanes of at least 4 members (excludes halogenated alkanes) is 3.